The minimum absolute atomic E-state index is 0. The smallest absolute Gasteiger partial charge is 0.644 e. The summed E-state index contributed by atoms with van der Waals surface area (Å²) in [5, 5.41) is 30.4. The van der Waals surface area contributed by atoms with Crippen molar-refractivity contribution in [3.8, 4) is 5.75 Å². The summed E-state index contributed by atoms with van der Waals surface area (Å²) in [6.07, 6.45) is 4.36. The molecule has 14 nitrogen and oxygen atoms in total. The van der Waals surface area contributed by atoms with Gasteiger partial charge in [-0.15, -0.1) is 0 Å². The van der Waals surface area contributed by atoms with Crippen LogP contribution in [-0.2, 0) is 60.3 Å². The van der Waals surface area contributed by atoms with Gasteiger partial charge in [0.25, 0.3) is 0 Å². The van der Waals surface area contributed by atoms with Crippen molar-refractivity contribution in [2.24, 2.45) is 11.7 Å². The van der Waals surface area contributed by atoms with E-state index >= 15 is 0 Å². The van der Waals surface area contributed by atoms with E-state index in [1.807, 2.05) is 6.92 Å². The average molecular weight is 737 g/mol. The Labute approximate surface area is 301 Å². The number of aliphatic carboxylic acids is 1. The standard InChI is InChI=1S/C35H45N7O7.Cu/c1-3-21(2)30(41-31(44)26(36)16-23-11-13-25(43)14-12-23)33(46)39-27(18-24-19-37-20-38-24)34(47)42-15-7-10-29(42)32(45)40-28(35(48)49)17-22-8-5-4-6-9-22;/h4-6,8-9,11-14,19-21,26-30H,3,7,10,15-18,36H2,1-2H3,(H6,37,38,39,40,41,43,44,45,46,48,49);/q;+2/p-2/t21-,26-,27-,28-,29-,30-;/m0./s1. The molecule has 1 aromatic heterocycles. The van der Waals surface area contributed by atoms with Gasteiger partial charge in [-0.05, 0) is 55.0 Å². The van der Waals surface area contributed by atoms with Crippen LogP contribution in [0.2, 0.25) is 0 Å². The number of carboxylic acid groups (broad SMARTS) is 1. The number of hydrogen-bond acceptors (Lipinski definition) is 8. The number of aromatic hydroxyl groups is 1. The molecule has 3 aromatic rings. The second-order valence-electron chi connectivity index (χ2n) is 12.3. The van der Waals surface area contributed by atoms with Crippen molar-refractivity contribution in [1.29, 1.82) is 0 Å². The number of H-pyrrole nitrogens is 1. The zero-order valence-corrected chi connectivity index (χ0v) is 28.8. The van der Waals surface area contributed by atoms with E-state index < -0.39 is 65.7 Å². The number of nitrogens with zero attached hydrogens (tertiary/aromatic N) is 4. The molecule has 2 aromatic carbocycles. The second kappa shape index (κ2) is 18.9. The number of carbonyl (C=O) groups excluding carboxylic acids is 4. The molecule has 271 valence electrons. The number of likely N-dealkylation sites (tertiary alicyclic amines) is 1. The maximum atomic E-state index is 14.1. The maximum absolute atomic E-state index is 14.1. The number of aromatic nitrogens is 2. The molecule has 1 fully saturated rings. The van der Waals surface area contributed by atoms with E-state index in [1.54, 1.807) is 49.4 Å². The predicted molar refractivity (Wildman–Crippen MR) is 180 cm³/mol. The van der Waals surface area contributed by atoms with Gasteiger partial charge in [0.15, 0.2) is 0 Å². The molecule has 0 unspecified atom stereocenters. The largest absolute Gasteiger partial charge is 2.00 e. The first-order valence-electron chi connectivity index (χ1n) is 16.3. The minimum Gasteiger partial charge on any atom is -0.644 e. The molecule has 0 saturated carbocycles. The number of phenols is 1. The van der Waals surface area contributed by atoms with Crippen LogP contribution in [0.4, 0.5) is 0 Å². The molecule has 0 spiro atoms. The summed E-state index contributed by atoms with van der Waals surface area (Å²) in [5.41, 5.74) is 8.10. The van der Waals surface area contributed by atoms with Gasteiger partial charge < -0.3 is 51.4 Å². The molecule has 4 rings (SSSR count). The van der Waals surface area contributed by atoms with Gasteiger partial charge in [0.05, 0.1) is 18.3 Å². The van der Waals surface area contributed by atoms with Crippen molar-refractivity contribution >= 4 is 29.6 Å². The number of phenolic OH excluding ortho intramolecular Hbond substituents is 1. The summed E-state index contributed by atoms with van der Waals surface area (Å²) in [6, 6.07) is 9.43. The topological polar surface area (TPSA) is 224 Å². The third-order valence-electron chi connectivity index (χ3n) is 8.68. The molecule has 0 bridgehead atoms. The SMILES string of the molecule is CC[C@H](C)[C@H]([N-]C(=O)[C@@H](N)Cc1ccc(O)cc1)C(=O)[N-][C@@H](Cc1cnc[nH]1)C(=O)N1CCC[C@H]1C(=O)N[C@@H](Cc1ccccc1)C(=O)O.[Cu+2]. The predicted octanol–water partition coefficient (Wildman–Crippen LogP) is 2.61. The number of carbonyl (C=O) groups is 5. The molecular formula is C35H43CuN7O7. The molecule has 1 radical (unpaired) electrons. The van der Waals surface area contributed by atoms with Gasteiger partial charge in [0.2, 0.25) is 11.8 Å². The Bertz CT molecular complexity index is 1570. The average Bonchev–Trinajstić information content (AvgIpc) is 3.80. The van der Waals surface area contributed by atoms with Crippen molar-refractivity contribution in [2.75, 3.05) is 6.54 Å². The zero-order chi connectivity index (χ0) is 35.5. The Balaban J connectivity index is 0.00000676. The quantitative estimate of drug-likeness (QED) is 0.136. The first-order valence-corrected chi connectivity index (χ1v) is 16.3. The molecule has 6 N–H and O–H groups in total. The summed E-state index contributed by atoms with van der Waals surface area (Å²) in [4.78, 5) is 74.6. The van der Waals surface area contributed by atoms with Crippen LogP contribution in [0, 0.1) is 5.92 Å². The van der Waals surface area contributed by atoms with E-state index in [-0.39, 0.29) is 48.6 Å². The van der Waals surface area contributed by atoms with E-state index in [1.165, 1.54) is 29.6 Å². The van der Waals surface area contributed by atoms with Crippen molar-refractivity contribution in [3.63, 3.8) is 0 Å². The molecule has 15 heteroatoms. The molecule has 0 aliphatic carbocycles. The van der Waals surface area contributed by atoms with Crippen LogP contribution in [0.25, 0.3) is 10.6 Å². The summed E-state index contributed by atoms with van der Waals surface area (Å²) >= 11 is 0. The molecule has 1 aliphatic rings. The number of carboxylic acids is 1. The number of hydrogen-bond donors (Lipinski definition) is 5. The summed E-state index contributed by atoms with van der Waals surface area (Å²) < 4.78 is 0. The Morgan fingerprint density at radius 2 is 1.68 bits per heavy atom. The van der Waals surface area contributed by atoms with Crippen molar-refractivity contribution in [3.05, 3.63) is 94.6 Å². The molecule has 1 aliphatic heterocycles. The Hall–Kier alpha value is -4.72. The van der Waals surface area contributed by atoms with Gasteiger partial charge in [-0.2, -0.15) is 0 Å². The number of benzene rings is 2. The van der Waals surface area contributed by atoms with Crippen LogP contribution in [0.1, 0.15) is 49.9 Å². The minimum atomic E-state index is -1.27. The Kier molecular flexibility index (Phi) is 15.0. The van der Waals surface area contributed by atoms with E-state index in [0.717, 1.165) is 5.56 Å². The number of imidazole rings is 1. The van der Waals surface area contributed by atoms with Crippen molar-refractivity contribution in [1.82, 2.24) is 20.2 Å². The molecule has 50 heavy (non-hydrogen) atoms. The van der Waals surface area contributed by atoms with E-state index in [4.69, 9.17) is 5.73 Å². The fraction of sp³-hybridized carbons (Fsp3) is 0.429. The number of rotatable bonds is 16. The number of amides is 4. The monoisotopic (exact) mass is 736 g/mol. The molecule has 4 amide bonds. The van der Waals surface area contributed by atoms with Crippen LogP contribution >= 0.6 is 0 Å². The fourth-order valence-electron chi connectivity index (χ4n) is 5.69. The second-order valence-corrected chi connectivity index (χ2v) is 12.3. The van der Waals surface area contributed by atoms with Crippen LogP contribution in [0.15, 0.2) is 67.1 Å². The van der Waals surface area contributed by atoms with Gasteiger partial charge in [-0.1, -0.05) is 74.7 Å². The van der Waals surface area contributed by atoms with Crippen LogP contribution in [0.5, 0.6) is 5.75 Å². The van der Waals surface area contributed by atoms with Gasteiger partial charge in [0.1, 0.15) is 17.8 Å². The molecular weight excluding hydrogens is 694 g/mol. The number of aromatic amines is 1. The summed E-state index contributed by atoms with van der Waals surface area (Å²) in [5.74, 6) is -4.21. The van der Waals surface area contributed by atoms with Gasteiger partial charge in [0, 0.05) is 30.8 Å². The first-order chi connectivity index (χ1) is 23.5. The Morgan fingerprint density at radius 3 is 2.30 bits per heavy atom. The molecule has 2 heterocycles. The molecule has 1 saturated heterocycles. The van der Waals surface area contributed by atoms with Crippen LogP contribution < -0.4 is 11.1 Å². The van der Waals surface area contributed by atoms with Crippen LogP contribution in [-0.4, -0.2) is 91.4 Å². The maximum Gasteiger partial charge on any atom is 2.00 e. The summed E-state index contributed by atoms with van der Waals surface area (Å²) in [7, 11) is 0. The van der Waals surface area contributed by atoms with Gasteiger partial charge in [-0.3, -0.25) is 9.59 Å². The van der Waals surface area contributed by atoms with Crippen molar-refractivity contribution < 1.29 is 51.3 Å². The Morgan fingerprint density at radius 1 is 1.00 bits per heavy atom. The number of nitrogens with two attached hydrogens (primary N) is 1. The fourth-order valence-corrected chi connectivity index (χ4v) is 5.69. The van der Waals surface area contributed by atoms with E-state index in [9.17, 15) is 34.2 Å². The van der Waals surface area contributed by atoms with E-state index in [2.05, 4.69) is 25.9 Å². The number of nitrogens with one attached hydrogen (secondary N) is 2. The van der Waals surface area contributed by atoms with E-state index in [0.29, 0.717) is 30.5 Å². The van der Waals surface area contributed by atoms with Gasteiger partial charge in [-0.25, -0.2) is 9.78 Å². The van der Waals surface area contributed by atoms with Crippen molar-refractivity contribution in [2.45, 2.75) is 82.6 Å². The zero-order valence-electron chi connectivity index (χ0n) is 27.9. The normalized spacial score (nSPS) is 16.9. The first kappa shape index (κ1) is 39.7. The van der Waals surface area contributed by atoms with Crippen LogP contribution in [0.3, 0.4) is 0 Å². The summed E-state index contributed by atoms with van der Waals surface area (Å²) in [6.45, 7) is 3.80. The molecule has 6 atom stereocenters. The third kappa shape index (κ3) is 10.9. The third-order valence-corrected chi connectivity index (χ3v) is 8.68. The van der Waals surface area contributed by atoms with Gasteiger partial charge >= 0.3 is 23.0 Å².